The number of nitrogens with zero attached hydrogens (tertiary/aromatic N) is 5. The Bertz CT molecular complexity index is 1670. The van der Waals surface area contributed by atoms with Crippen LogP contribution in [0.2, 0.25) is 5.02 Å². The number of hydrogen-bond acceptors (Lipinski definition) is 5. The van der Waals surface area contributed by atoms with Gasteiger partial charge in [-0.2, -0.15) is 0 Å². The molecule has 40 heavy (non-hydrogen) atoms. The Morgan fingerprint density at radius 2 is 1.70 bits per heavy atom. The minimum absolute atomic E-state index is 0.000358. The zero-order valence-electron chi connectivity index (χ0n) is 22.1. The van der Waals surface area contributed by atoms with Crippen LogP contribution >= 0.6 is 11.6 Å². The molecule has 0 saturated carbocycles. The summed E-state index contributed by atoms with van der Waals surface area (Å²) in [5.41, 5.74) is 4.83. The van der Waals surface area contributed by atoms with Crippen LogP contribution < -0.4 is 9.64 Å². The number of ether oxygens (including phenoxy) is 1. The summed E-state index contributed by atoms with van der Waals surface area (Å²) in [6.07, 6.45) is 7.20. The van der Waals surface area contributed by atoms with Gasteiger partial charge in [0.25, 0.3) is 0 Å². The molecule has 1 aliphatic heterocycles. The molecule has 1 amide bonds. The summed E-state index contributed by atoms with van der Waals surface area (Å²) in [4.78, 5) is 26.5. The van der Waals surface area contributed by atoms with Crippen molar-refractivity contribution in [3.63, 3.8) is 0 Å². The molecular weight excluding hydrogens is 522 g/mol. The van der Waals surface area contributed by atoms with Gasteiger partial charge in [-0.05, 0) is 47.5 Å². The predicted octanol–water partition coefficient (Wildman–Crippen LogP) is 6.11. The van der Waals surface area contributed by atoms with Crippen molar-refractivity contribution in [2.45, 2.75) is 0 Å². The van der Waals surface area contributed by atoms with Crippen molar-refractivity contribution in [2.75, 3.05) is 38.2 Å². The second kappa shape index (κ2) is 11.2. The van der Waals surface area contributed by atoms with E-state index in [9.17, 15) is 4.79 Å². The van der Waals surface area contributed by atoms with E-state index in [0.29, 0.717) is 31.2 Å². The number of rotatable bonds is 6. The van der Waals surface area contributed by atoms with Crippen LogP contribution in [0.4, 0.5) is 5.82 Å². The number of carbonyl (C=O) groups is 1. The van der Waals surface area contributed by atoms with Gasteiger partial charge in [0.1, 0.15) is 17.9 Å². The molecule has 1 saturated heterocycles. The van der Waals surface area contributed by atoms with Gasteiger partial charge in [-0.3, -0.25) is 4.79 Å². The molecule has 0 bridgehead atoms. The zero-order chi connectivity index (χ0) is 27.5. The van der Waals surface area contributed by atoms with Gasteiger partial charge in [-0.15, -0.1) is 0 Å². The van der Waals surface area contributed by atoms with E-state index in [0.717, 1.165) is 45.0 Å². The summed E-state index contributed by atoms with van der Waals surface area (Å²) in [6, 6.07) is 25.7. The Labute approximate surface area is 237 Å². The fourth-order valence-corrected chi connectivity index (χ4v) is 5.26. The molecule has 2 aromatic heterocycles. The van der Waals surface area contributed by atoms with Crippen molar-refractivity contribution in [3.05, 3.63) is 108 Å². The van der Waals surface area contributed by atoms with E-state index < -0.39 is 0 Å². The zero-order valence-corrected chi connectivity index (χ0v) is 22.8. The van der Waals surface area contributed by atoms with Gasteiger partial charge in [0.05, 0.1) is 12.5 Å². The van der Waals surface area contributed by atoms with Crippen LogP contribution in [0.1, 0.15) is 5.56 Å². The minimum atomic E-state index is 0.000358. The quantitative estimate of drug-likeness (QED) is 0.239. The van der Waals surface area contributed by atoms with Crippen LogP contribution in [0.3, 0.4) is 0 Å². The summed E-state index contributed by atoms with van der Waals surface area (Å²) in [6.45, 7) is 2.55. The summed E-state index contributed by atoms with van der Waals surface area (Å²) in [7, 11) is 1.64. The minimum Gasteiger partial charge on any atom is -0.497 e. The second-order valence-corrected chi connectivity index (χ2v) is 10.0. The first kappa shape index (κ1) is 25.6. The SMILES string of the molecule is COc1ccc(/C=C/C(=O)N2CCN(c3ncnc4c3c(-c3ccccc3)cn4-c3cccc(Cl)c3)CC2)cc1. The molecule has 7 nitrogen and oxygen atoms in total. The molecule has 3 heterocycles. The molecule has 8 heteroatoms. The highest BCUT2D eigenvalue weighted by molar-refractivity contribution is 6.30. The molecule has 3 aromatic carbocycles. The predicted molar refractivity (Wildman–Crippen MR) is 160 cm³/mol. The molecule has 0 atom stereocenters. The molecule has 200 valence electrons. The fourth-order valence-electron chi connectivity index (χ4n) is 5.07. The number of methoxy groups -OCH3 is 1. The lowest BCUT2D eigenvalue weighted by atomic mass is 10.1. The van der Waals surface area contributed by atoms with Crippen LogP contribution in [0, 0.1) is 0 Å². The van der Waals surface area contributed by atoms with Crippen molar-refractivity contribution in [1.29, 1.82) is 0 Å². The second-order valence-electron chi connectivity index (χ2n) is 9.57. The molecule has 0 N–H and O–H groups in total. The fraction of sp³-hybridized carbons (Fsp3) is 0.156. The molecule has 6 rings (SSSR count). The first-order valence-electron chi connectivity index (χ1n) is 13.1. The largest absolute Gasteiger partial charge is 0.497 e. The summed E-state index contributed by atoms with van der Waals surface area (Å²) < 4.78 is 7.27. The molecule has 0 spiro atoms. The molecule has 0 unspecified atom stereocenters. The summed E-state index contributed by atoms with van der Waals surface area (Å²) >= 11 is 6.34. The Balaban J connectivity index is 1.28. The van der Waals surface area contributed by atoms with Crippen LogP contribution in [-0.2, 0) is 4.79 Å². The molecule has 1 fully saturated rings. The van der Waals surface area contributed by atoms with Gasteiger partial charge >= 0.3 is 0 Å². The van der Waals surface area contributed by atoms with Crippen molar-refractivity contribution in [3.8, 4) is 22.6 Å². The standard InChI is InChI=1S/C32H28ClN5O2/c1-40-27-13-10-23(11-14-27)12-15-29(39)36-16-18-37(19-17-36)31-30-28(24-6-3-2-4-7-24)21-38(32(30)35-22-34-31)26-9-5-8-25(33)20-26/h2-15,20-22H,16-19H2,1H3/b15-12+. The normalized spacial score (nSPS) is 13.8. The van der Waals surface area contributed by atoms with Gasteiger partial charge < -0.3 is 19.1 Å². The van der Waals surface area contributed by atoms with Crippen LogP contribution in [-0.4, -0.2) is 58.6 Å². The lowest BCUT2D eigenvalue weighted by Gasteiger charge is -2.35. The average Bonchev–Trinajstić information content (AvgIpc) is 3.41. The smallest absolute Gasteiger partial charge is 0.246 e. The van der Waals surface area contributed by atoms with Crippen molar-refractivity contribution in [1.82, 2.24) is 19.4 Å². The van der Waals surface area contributed by atoms with Gasteiger partial charge in [-0.25, -0.2) is 9.97 Å². The first-order chi connectivity index (χ1) is 19.6. The van der Waals surface area contributed by atoms with Gasteiger partial charge in [-0.1, -0.05) is 60.1 Å². The topological polar surface area (TPSA) is 63.5 Å². The third kappa shape index (κ3) is 5.16. The number of fused-ring (bicyclic) bond motifs is 1. The molecule has 0 aliphatic carbocycles. The van der Waals surface area contributed by atoms with Crippen molar-refractivity contribution in [2.24, 2.45) is 0 Å². The maximum absolute atomic E-state index is 12.9. The highest BCUT2D eigenvalue weighted by Crippen LogP contribution is 2.37. The number of amides is 1. The van der Waals surface area contributed by atoms with E-state index >= 15 is 0 Å². The first-order valence-corrected chi connectivity index (χ1v) is 13.5. The van der Waals surface area contributed by atoms with E-state index in [4.69, 9.17) is 26.3 Å². The van der Waals surface area contributed by atoms with Gasteiger partial charge in [0.15, 0.2) is 5.65 Å². The molecule has 1 aliphatic rings. The number of piperazine rings is 1. The van der Waals surface area contributed by atoms with Gasteiger partial charge in [0.2, 0.25) is 5.91 Å². The third-order valence-corrected chi connectivity index (χ3v) is 7.39. The third-order valence-electron chi connectivity index (χ3n) is 7.16. The van der Waals surface area contributed by atoms with Crippen LogP contribution in [0.5, 0.6) is 5.75 Å². The maximum Gasteiger partial charge on any atom is 0.246 e. The van der Waals surface area contributed by atoms with E-state index in [1.807, 2.05) is 77.7 Å². The Kier molecular flexibility index (Phi) is 7.21. The lowest BCUT2D eigenvalue weighted by Crippen LogP contribution is -2.48. The molecular formula is C32H28ClN5O2. The highest BCUT2D eigenvalue weighted by atomic mass is 35.5. The number of carbonyl (C=O) groups excluding carboxylic acids is 1. The Hall–Kier alpha value is -4.62. The van der Waals surface area contributed by atoms with Crippen LogP contribution in [0.25, 0.3) is 33.9 Å². The molecule has 0 radical (unpaired) electrons. The van der Waals surface area contributed by atoms with Crippen molar-refractivity contribution >= 4 is 40.4 Å². The summed E-state index contributed by atoms with van der Waals surface area (Å²) in [5.74, 6) is 1.66. The molecule has 5 aromatic rings. The maximum atomic E-state index is 12.9. The monoisotopic (exact) mass is 549 g/mol. The lowest BCUT2D eigenvalue weighted by molar-refractivity contribution is -0.126. The Morgan fingerprint density at radius 3 is 2.42 bits per heavy atom. The van der Waals surface area contributed by atoms with Crippen molar-refractivity contribution < 1.29 is 9.53 Å². The van der Waals surface area contributed by atoms with E-state index in [-0.39, 0.29) is 5.91 Å². The number of anilines is 1. The highest BCUT2D eigenvalue weighted by Gasteiger charge is 2.25. The van der Waals surface area contributed by atoms with E-state index in [2.05, 4.69) is 27.8 Å². The summed E-state index contributed by atoms with van der Waals surface area (Å²) in [5, 5.41) is 1.64. The van der Waals surface area contributed by atoms with Gasteiger partial charge in [0, 0.05) is 54.7 Å². The number of halogens is 1. The van der Waals surface area contributed by atoms with E-state index in [1.165, 1.54) is 0 Å². The Morgan fingerprint density at radius 1 is 0.925 bits per heavy atom. The number of hydrogen-bond donors (Lipinski definition) is 0. The van der Waals surface area contributed by atoms with E-state index in [1.54, 1.807) is 19.5 Å². The number of benzene rings is 3. The average molecular weight is 550 g/mol. The number of aromatic nitrogens is 3. The van der Waals surface area contributed by atoms with Crippen LogP contribution in [0.15, 0.2) is 97.5 Å².